The number of piperidine rings is 1. The number of carbonyl (C=O) groups is 2. The molecule has 2 aliphatic heterocycles. The minimum atomic E-state index is -0.549. The van der Waals surface area contributed by atoms with Crippen LogP contribution in [0.3, 0.4) is 0 Å². The highest BCUT2D eigenvalue weighted by Crippen LogP contribution is 2.65. The first-order chi connectivity index (χ1) is 25.0. The van der Waals surface area contributed by atoms with Gasteiger partial charge < -0.3 is 15.6 Å². The van der Waals surface area contributed by atoms with Gasteiger partial charge in [-0.3, -0.25) is 14.5 Å². The van der Waals surface area contributed by atoms with Crippen molar-refractivity contribution < 1.29 is 19.4 Å². The van der Waals surface area contributed by atoms with Gasteiger partial charge in [0, 0.05) is 36.1 Å². The molecule has 278 valence electrons. The van der Waals surface area contributed by atoms with Gasteiger partial charge in [-0.15, -0.1) is 0 Å². The number of ether oxygens (including phenoxy) is 1. The summed E-state index contributed by atoms with van der Waals surface area (Å²) in [6.07, 6.45) is 13.1. The maximum absolute atomic E-state index is 13.3. The molecular weight excluding hydrogens is 645 g/mol. The number of likely N-dealkylation sites (tertiary alicyclic amines) is 1. The van der Waals surface area contributed by atoms with E-state index < -0.39 is 6.04 Å². The summed E-state index contributed by atoms with van der Waals surface area (Å²) in [5, 5.41) is 10.5. The third-order valence-electron chi connectivity index (χ3n) is 15.1. The van der Waals surface area contributed by atoms with Crippen LogP contribution in [0.4, 0.5) is 0 Å². The van der Waals surface area contributed by atoms with Crippen molar-refractivity contribution in [2.24, 2.45) is 40.7 Å². The Balaban J connectivity index is 0.899. The number of nitrogens with zero attached hydrogens (tertiary/aromatic N) is 1. The highest BCUT2D eigenvalue weighted by Gasteiger charge is 2.61. The zero-order valence-corrected chi connectivity index (χ0v) is 31.9. The van der Waals surface area contributed by atoms with Crippen LogP contribution in [0.5, 0.6) is 0 Å². The number of allylic oxidation sites excluding steroid dienone is 2. The molecule has 4 fully saturated rings. The van der Waals surface area contributed by atoms with E-state index in [1.54, 1.807) is 11.1 Å². The molecule has 0 amide bonds. The number of aliphatic hydroxyl groups is 1. The van der Waals surface area contributed by atoms with E-state index in [4.69, 9.17) is 10.5 Å². The predicted octanol–water partition coefficient (Wildman–Crippen LogP) is 7.86. The minimum absolute atomic E-state index is 0.00244. The topological polar surface area (TPSA) is 92.9 Å². The van der Waals surface area contributed by atoms with Gasteiger partial charge in [-0.05, 0) is 118 Å². The molecule has 0 radical (unpaired) electrons. The first-order valence-corrected chi connectivity index (χ1v) is 20.4. The van der Waals surface area contributed by atoms with Crippen molar-refractivity contribution in [1.82, 2.24) is 4.90 Å². The van der Waals surface area contributed by atoms with Gasteiger partial charge in [-0.1, -0.05) is 92.6 Å². The standard InChI is InChI=1S/C46H60N2O4/c1-28-23-42-43(48(27-28)22-8-11-41(50)40(47)24-31-12-14-33(15-13-31)44(51)32-9-6-5-7-10-32)30(3)46(52-42)21-19-36-37-17-16-34-25-35(49)18-20-45(34,4)39(37)26-38(36)29(46)2/h5-7,9-10,12-16,28,30,35-37,39-40,42-43,49H,8,11,17-27,47H2,1-4H3/t28-,30?,35-,36-,37-,39-,40-,42+,43-,45-,46-/m0/s1. The van der Waals surface area contributed by atoms with E-state index in [0.29, 0.717) is 53.7 Å². The third kappa shape index (κ3) is 6.20. The Kier molecular flexibility index (Phi) is 9.76. The van der Waals surface area contributed by atoms with Gasteiger partial charge in [0.2, 0.25) is 0 Å². The largest absolute Gasteiger partial charge is 0.393 e. The smallest absolute Gasteiger partial charge is 0.193 e. The Morgan fingerprint density at radius 3 is 2.54 bits per heavy atom. The molecule has 2 aromatic rings. The van der Waals surface area contributed by atoms with E-state index in [0.717, 1.165) is 63.1 Å². The second-order valence-electron chi connectivity index (χ2n) is 18.0. The number of nitrogens with two attached hydrogens (primary N) is 1. The molecule has 11 atom stereocenters. The molecule has 6 heteroatoms. The Morgan fingerprint density at radius 2 is 1.77 bits per heavy atom. The fourth-order valence-electron chi connectivity index (χ4n) is 12.3. The third-order valence-corrected chi connectivity index (χ3v) is 15.1. The maximum Gasteiger partial charge on any atom is 0.193 e. The lowest BCUT2D eigenvalue weighted by atomic mass is 9.56. The van der Waals surface area contributed by atoms with Crippen LogP contribution in [0.1, 0.15) is 113 Å². The van der Waals surface area contributed by atoms with Crippen LogP contribution in [-0.4, -0.2) is 64.6 Å². The van der Waals surface area contributed by atoms with Crippen LogP contribution in [0.2, 0.25) is 0 Å². The van der Waals surface area contributed by atoms with Crippen LogP contribution < -0.4 is 5.73 Å². The Bertz CT molecular complexity index is 1730. The highest BCUT2D eigenvalue weighted by atomic mass is 16.5. The van der Waals surface area contributed by atoms with Gasteiger partial charge >= 0.3 is 0 Å². The summed E-state index contributed by atoms with van der Waals surface area (Å²) in [5.74, 6) is 3.17. The molecule has 2 saturated heterocycles. The second kappa shape index (κ2) is 14.1. The molecule has 1 spiro atoms. The molecule has 8 rings (SSSR count). The van der Waals surface area contributed by atoms with Gasteiger partial charge in [0.25, 0.3) is 0 Å². The summed E-state index contributed by atoms with van der Waals surface area (Å²) in [6, 6.07) is 16.7. The zero-order chi connectivity index (χ0) is 36.4. The summed E-state index contributed by atoms with van der Waals surface area (Å²) in [7, 11) is 0. The molecule has 4 aliphatic carbocycles. The molecule has 6 nitrogen and oxygen atoms in total. The quantitative estimate of drug-likeness (QED) is 0.204. The summed E-state index contributed by atoms with van der Waals surface area (Å²) < 4.78 is 7.35. The van der Waals surface area contributed by atoms with E-state index in [2.05, 4.69) is 38.7 Å². The fourth-order valence-corrected chi connectivity index (χ4v) is 12.3. The van der Waals surface area contributed by atoms with Crippen molar-refractivity contribution in [2.45, 2.75) is 128 Å². The summed E-state index contributed by atoms with van der Waals surface area (Å²) in [4.78, 5) is 28.8. The molecule has 52 heavy (non-hydrogen) atoms. The predicted molar refractivity (Wildman–Crippen MR) is 206 cm³/mol. The molecule has 3 N–H and O–H groups in total. The van der Waals surface area contributed by atoms with Crippen molar-refractivity contribution in [3.63, 3.8) is 0 Å². The van der Waals surface area contributed by atoms with Crippen LogP contribution in [0.25, 0.3) is 0 Å². The lowest BCUT2D eigenvalue weighted by Crippen LogP contribution is -2.52. The zero-order valence-electron chi connectivity index (χ0n) is 31.9. The van der Waals surface area contributed by atoms with Gasteiger partial charge in [0.1, 0.15) is 5.78 Å². The number of hydrogen-bond acceptors (Lipinski definition) is 6. The van der Waals surface area contributed by atoms with Crippen molar-refractivity contribution in [3.8, 4) is 0 Å². The van der Waals surface area contributed by atoms with E-state index in [-0.39, 0.29) is 34.8 Å². The number of Topliss-reactive ketones (excluding diaryl/α,β-unsaturated/α-hetero) is 1. The van der Waals surface area contributed by atoms with Crippen molar-refractivity contribution in [3.05, 3.63) is 94.1 Å². The fraction of sp³-hybridized carbons (Fsp3) is 0.609. The first-order valence-electron chi connectivity index (χ1n) is 20.4. The average molecular weight is 705 g/mol. The average Bonchev–Trinajstić information content (AvgIpc) is 3.66. The molecule has 1 unspecified atom stereocenters. The highest BCUT2D eigenvalue weighted by molar-refractivity contribution is 6.08. The van der Waals surface area contributed by atoms with E-state index in [1.165, 1.54) is 24.8 Å². The number of hydrogen-bond donors (Lipinski definition) is 2. The number of benzene rings is 2. The van der Waals surface area contributed by atoms with Crippen LogP contribution in [0.15, 0.2) is 77.4 Å². The number of aliphatic hydroxyl groups excluding tert-OH is 1. The monoisotopic (exact) mass is 704 g/mol. The van der Waals surface area contributed by atoms with E-state index >= 15 is 0 Å². The Hall–Kier alpha value is -2.90. The van der Waals surface area contributed by atoms with Gasteiger partial charge in [-0.2, -0.15) is 0 Å². The lowest BCUT2D eigenvalue weighted by Gasteiger charge is -2.49. The molecular formula is C46H60N2O4. The summed E-state index contributed by atoms with van der Waals surface area (Å²) in [6.45, 7) is 11.7. The SMILES string of the molecule is CC1=C2C[C@H]3[C@@H](CC=C4C[C@@H](O)CC[C@@]43C)[C@@H]2CC[C@]12O[C@@H]1C[C@H](C)CN(CCCC(=O)[C@@H](N)Cc3ccc(C(=O)c4ccccc4)cc3)[C@H]1C2C. The molecule has 0 bridgehead atoms. The van der Waals surface area contributed by atoms with Gasteiger partial charge in [0.15, 0.2) is 5.78 Å². The Labute approximate surface area is 311 Å². The molecule has 2 aromatic carbocycles. The van der Waals surface area contributed by atoms with Crippen LogP contribution in [0, 0.1) is 35.0 Å². The minimum Gasteiger partial charge on any atom is -0.393 e. The number of carbonyl (C=O) groups excluding carboxylic acids is 2. The van der Waals surface area contributed by atoms with Crippen LogP contribution >= 0.6 is 0 Å². The van der Waals surface area contributed by atoms with Crippen molar-refractivity contribution in [2.75, 3.05) is 13.1 Å². The van der Waals surface area contributed by atoms with Crippen LogP contribution in [-0.2, 0) is 16.0 Å². The molecule has 2 heterocycles. The normalized spacial score (nSPS) is 37.5. The molecule has 0 aromatic heterocycles. The second-order valence-corrected chi connectivity index (χ2v) is 18.0. The Morgan fingerprint density at radius 1 is 1.02 bits per heavy atom. The number of fused-ring (bicyclic) bond motifs is 6. The van der Waals surface area contributed by atoms with E-state index in [9.17, 15) is 14.7 Å². The summed E-state index contributed by atoms with van der Waals surface area (Å²) >= 11 is 0. The van der Waals surface area contributed by atoms with Crippen molar-refractivity contribution >= 4 is 11.6 Å². The van der Waals surface area contributed by atoms with Gasteiger partial charge in [0.05, 0.1) is 23.9 Å². The molecule has 2 saturated carbocycles. The molecule has 6 aliphatic rings. The summed E-state index contributed by atoms with van der Waals surface area (Å²) in [5.41, 5.74) is 13.6. The van der Waals surface area contributed by atoms with E-state index in [1.807, 2.05) is 54.6 Å². The number of ketones is 2. The maximum atomic E-state index is 13.3. The number of rotatable bonds is 9. The lowest BCUT2D eigenvalue weighted by molar-refractivity contribution is -0.120. The van der Waals surface area contributed by atoms with Gasteiger partial charge in [-0.25, -0.2) is 0 Å². The van der Waals surface area contributed by atoms with Crippen molar-refractivity contribution in [1.29, 1.82) is 0 Å². The first kappa shape index (κ1) is 36.1.